The molecule has 0 amide bonds. The molecule has 0 saturated carbocycles. The van der Waals surface area contributed by atoms with Gasteiger partial charge in [0.1, 0.15) is 11.0 Å². The predicted molar refractivity (Wildman–Crippen MR) is 47.8 cm³/mol. The zero-order chi connectivity index (χ0) is 11.0. The van der Waals surface area contributed by atoms with Crippen LogP contribution in [0.5, 0.6) is 0 Å². The Balaban J connectivity index is 0.00000128. The van der Waals surface area contributed by atoms with Crippen molar-refractivity contribution in [2.24, 2.45) is 0 Å². The molecule has 1 aromatic heterocycles. The van der Waals surface area contributed by atoms with Crippen LogP contribution in [-0.4, -0.2) is 37.6 Å². The first-order chi connectivity index (χ1) is 7.09. The fourth-order valence-electron chi connectivity index (χ4n) is 1.24. The van der Waals surface area contributed by atoms with E-state index >= 15 is 0 Å². The second kappa shape index (κ2) is 4.44. The Labute approximate surface area is 104 Å². The topological polar surface area (TPSA) is 116 Å². The fourth-order valence-corrected chi connectivity index (χ4v) is 1.24. The van der Waals surface area contributed by atoms with Gasteiger partial charge >= 0.3 is 34.3 Å². The number of benzene rings is 1. The molecule has 0 aliphatic carbocycles. The summed E-state index contributed by atoms with van der Waals surface area (Å²) in [5.41, 5.74) is 0.0302. The van der Waals surface area contributed by atoms with E-state index in [-0.39, 0.29) is 33.5 Å². The van der Waals surface area contributed by atoms with Crippen LogP contribution in [0.15, 0.2) is 12.1 Å². The number of H-pyrrole nitrogens is 1. The normalized spacial score (nSPS) is 9.75. The van der Waals surface area contributed by atoms with Gasteiger partial charge in [-0.15, -0.1) is 0 Å². The van der Waals surface area contributed by atoms with E-state index < -0.39 is 11.9 Å². The minimum absolute atomic E-state index is 0. The molecule has 0 bridgehead atoms. The second-order valence-electron chi connectivity index (χ2n) is 2.82. The molecule has 1 aromatic carbocycles. The number of rotatable bonds is 2. The van der Waals surface area contributed by atoms with E-state index in [0.29, 0.717) is 11.0 Å². The summed E-state index contributed by atoms with van der Waals surface area (Å²) >= 11 is 0. The predicted octanol–water partition coefficient (Wildman–Crippen LogP) is 0.352. The number of hydrogen-bond acceptors (Lipinski definition) is 4. The maximum Gasteiger partial charge on any atom is 1.00 e. The molecule has 2 aromatic rings. The van der Waals surface area contributed by atoms with Crippen molar-refractivity contribution < 1.29 is 42.2 Å². The number of fused-ring (bicyclic) bond motifs is 1. The standard InChI is InChI=1S/C8H5N3O4.Ag/c12-7(13)3-1-5-6(10-11-9-5)2-4(3)8(14)15;/h1-2H,(H,12,13)(H,14,15)(H,9,10,11);/q;+1. The molecule has 7 nitrogen and oxygen atoms in total. The Hall–Kier alpha value is -1.70. The monoisotopic (exact) mass is 314 g/mol. The van der Waals surface area contributed by atoms with Crippen LogP contribution in [0.4, 0.5) is 0 Å². The molecule has 8 heteroatoms. The van der Waals surface area contributed by atoms with Gasteiger partial charge in [-0.3, -0.25) is 0 Å². The maximum absolute atomic E-state index is 10.8. The van der Waals surface area contributed by atoms with Crippen molar-refractivity contribution in [2.75, 3.05) is 0 Å². The fraction of sp³-hybridized carbons (Fsp3) is 0. The average molecular weight is 315 g/mol. The Morgan fingerprint density at radius 2 is 1.38 bits per heavy atom. The van der Waals surface area contributed by atoms with Gasteiger partial charge in [0.2, 0.25) is 0 Å². The number of aromatic nitrogens is 3. The summed E-state index contributed by atoms with van der Waals surface area (Å²) in [6.45, 7) is 0. The molecule has 16 heavy (non-hydrogen) atoms. The third kappa shape index (κ3) is 1.96. The van der Waals surface area contributed by atoms with Gasteiger partial charge in [-0.2, -0.15) is 15.4 Å². The number of carboxylic acid groups (broad SMARTS) is 2. The molecule has 0 unspecified atom stereocenters. The Morgan fingerprint density at radius 3 is 1.69 bits per heavy atom. The number of nitrogens with one attached hydrogen (secondary N) is 1. The molecule has 0 spiro atoms. The van der Waals surface area contributed by atoms with Crippen molar-refractivity contribution in [3.8, 4) is 0 Å². The number of carbonyl (C=O) groups is 2. The van der Waals surface area contributed by atoms with Crippen LogP contribution in [0.3, 0.4) is 0 Å². The second-order valence-corrected chi connectivity index (χ2v) is 2.82. The number of carboxylic acids is 2. The van der Waals surface area contributed by atoms with Gasteiger partial charge in [-0.1, -0.05) is 0 Å². The van der Waals surface area contributed by atoms with Gasteiger partial charge in [0.15, 0.2) is 0 Å². The SMILES string of the molecule is O=C(O)c1cc2n[nH]nc2cc1C(=O)O.[Ag+]. The summed E-state index contributed by atoms with van der Waals surface area (Å²) in [6.07, 6.45) is 0. The molecule has 2 rings (SSSR count). The van der Waals surface area contributed by atoms with Gasteiger partial charge in [0, 0.05) is 0 Å². The van der Waals surface area contributed by atoms with Crippen LogP contribution in [0.2, 0.25) is 0 Å². The Kier molecular flexibility index (Phi) is 3.43. The molecule has 0 saturated heterocycles. The van der Waals surface area contributed by atoms with Gasteiger partial charge < -0.3 is 10.2 Å². The van der Waals surface area contributed by atoms with Gasteiger partial charge in [0.05, 0.1) is 11.1 Å². The first kappa shape index (κ1) is 12.4. The molecule has 86 valence electrons. The summed E-state index contributed by atoms with van der Waals surface area (Å²) in [5.74, 6) is -2.62. The van der Waals surface area contributed by atoms with E-state index in [1.807, 2.05) is 0 Å². The summed E-state index contributed by atoms with van der Waals surface area (Å²) in [5, 5.41) is 27.2. The molecule has 0 fully saturated rings. The van der Waals surface area contributed by atoms with Crippen LogP contribution in [0, 0.1) is 0 Å². The molecule has 0 aliphatic rings. The summed E-state index contributed by atoms with van der Waals surface area (Å²) in [6, 6.07) is 2.34. The summed E-state index contributed by atoms with van der Waals surface area (Å²) in [4.78, 5) is 21.5. The third-order valence-corrected chi connectivity index (χ3v) is 1.92. The maximum atomic E-state index is 10.8. The Bertz CT molecular complexity index is 517. The zero-order valence-electron chi connectivity index (χ0n) is 7.56. The van der Waals surface area contributed by atoms with Crippen molar-refractivity contribution in [3.63, 3.8) is 0 Å². The summed E-state index contributed by atoms with van der Waals surface area (Å²) in [7, 11) is 0. The van der Waals surface area contributed by atoms with Crippen molar-refractivity contribution in [3.05, 3.63) is 23.3 Å². The van der Waals surface area contributed by atoms with Gasteiger partial charge in [0.25, 0.3) is 0 Å². The van der Waals surface area contributed by atoms with E-state index in [1.54, 1.807) is 0 Å². The molecular weight excluding hydrogens is 310 g/mol. The number of aromatic amines is 1. The number of nitrogens with zero attached hydrogens (tertiary/aromatic N) is 2. The first-order valence-corrected chi connectivity index (χ1v) is 3.90. The van der Waals surface area contributed by atoms with E-state index in [2.05, 4.69) is 15.4 Å². The van der Waals surface area contributed by atoms with Crippen molar-refractivity contribution in [1.82, 2.24) is 15.4 Å². The van der Waals surface area contributed by atoms with Crippen LogP contribution in [0.1, 0.15) is 20.7 Å². The molecule has 0 atom stereocenters. The van der Waals surface area contributed by atoms with Crippen molar-refractivity contribution in [1.29, 1.82) is 0 Å². The number of aromatic carboxylic acids is 2. The van der Waals surface area contributed by atoms with Crippen LogP contribution >= 0.6 is 0 Å². The van der Waals surface area contributed by atoms with E-state index in [4.69, 9.17) is 10.2 Å². The average Bonchev–Trinajstić information content (AvgIpc) is 2.61. The molecule has 1 heterocycles. The quantitative estimate of drug-likeness (QED) is 0.689. The van der Waals surface area contributed by atoms with Crippen molar-refractivity contribution >= 4 is 23.0 Å². The van der Waals surface area contributed by atoms with E-state index in [0.717, 1.165) is 0 Å². The van der Waals surface area contributed by atoms with Gasteiger partial charge in [-0.25, -0.2) is 9.59 Å². The van der Waals surface area contributed by atoms with Crippen molar-refractivity contribution in [2.45, 2.75) is 0 Å². The minimum Gasteiger partial charge on any atom is -0.478 e. The van der Waals surface area contributed by atoms with Gasteiger partial charge in [-0.05, 0) is 12.1 Å². The van der Waals surface area contributed by atoms with Crippen LogP contribution < -0.4 is 0 Å². The van der Waals surface area contributed by atoms with E-state index in [9.17, 15) is 9.59 Å². The first-order valence-electron chi connectivity index (χ1n) is 3.90. The largest absolute Gasteiger partial charge is 1.00 e. The zero-order valence-corrected chi connectivity index (χ0v) is 9.04. The third-order valence-electron chi connectivity index (χ3n) is 1.92. The summed E-state index contributed by atoms with van der Waals surface area (Å²) < 4.78 is 0. The molecule has 0 radical (unpaired) electrons. The van der Waals surface area contributed by atoms with Crippen LogP contribution in [0.25, 0.3) is 11.0 Å². The molecular formula is C8H5AgN3O4+. The molecule has 0 aliphatic heterocycles. The molecule has 3 N–H and O–H groups in total. The van der Waals surface area contributed by atoms with E-state index in [1.165, 1.54) is 12.1 Å². The van der Waals surface area contributed by atoms with Crippen LogP contribution in [-0.2, 0) is 22.4 Å². The Morgan fingerprint density at radius 1 is 1.00 bits per heavy atom. The minimum atomic E-state index is -1.31. The smallest absolute Gasteiger partial charge is 0.478 e. The number of hydrogen-bond donors (Lipinski definition) is 3.